The Kier molecular flexibility index (Phi) is 5.01. The largest absolute Gasteiger partial charge is 0.258 e. The second-order valence-electron chi connectivity index (χ2n) is 6.62. The predicted octanol–water partition coefficient (Wildman–Crippen LogP) is 3.98. The van der Waals surface area contributed by atoms with Crippen LogP contribution in [-0.2, 0) is 10.0 Å². The molecule has 24 heavy (non-hydrogen) atoms. The van der Waals surface area contributed by atoms with Gasteiger partial charge in [-0.05, 0) is 62.1 Å². The summed E-state index contributed by atoms with van der Waals surface area (Å²) in [6.07, 6.45) is 5.29. The van der Waals surface area contributed by atoms with Crippen LogP contribution in [0.15, 0.2) is 41.3 Å². The van der Waals surface area contributed by atoms with Gasteiger partial charge in [0.15, 0.2) is 0 Å². The number of sulfonamides is 1. The van der Waals surface area contributed by atoms with Crippen LogP contribution >= 0.6 is 0 Å². The maximum absolute atomic E-state index is 12.5. The van der Waals surface area contributed by atoms with Crippen LogP contribution in [0.5, 0.6) is 0 Å². The van der Waals surface area contributed by atoms with Crippen LogP contribution in [0, 0.1) is 13.8 Å². The number of hydrogen-bond acceptors (Lipinski definition) is 3. The van der Waals surface area contributed by atoms with Crippen molar-refractivity contribution in [1.29, 1.82) is 0 Å². The second kappa shape index (κ2) is 7.03. The van der Waals surface area contributed by atoms with E-state index in [-0.39, 0.29) is 6.04 Å². The molecule has 0 saturated heterocycles. The molecule has 5 heteroatoms. The lowest BCUT2D eigenvalue weighted by Gasteiger charge is -2.22. The maximum Gasteiger partial charge on any atom is 0.240 e. The van der Waals surface area contributed by atoms with Gasteiger partial charge < -0.3 is 0 Å². The van der Waals surface area contributed by atoms with E-state index in [1.165, 1.54) is 6.42 Å². The number of hydrogen-bond donors (Lipinski definition) is 1. The summed E-state index contributed by atoms with van der Waals surface area (Å²) in [5, 5.41) is 0. The van der Waals surface area contributed by atoms with Gasteiger partial charge in [-0.15, -0.1) is 0 Å². The first-order valence-corrected chi connectivity index (χ1v) is 10.0. The van der Waals surface area contributed by atoms with Gasteiger partial charge >= 0.3 is 0 Å². The fraction of sp³-hybridized carbons (Fsp3) is 0.421. The van der Waals surface area contributed by atoms with Crippen molar-refractivity contribution in [3.05, 3.63) is 47.8 Å². The van der Waals surface area contributed by atoms with Gasteiger partial charge in [-0.2, -0.15) is 0 Å². The molecule has 1 aromatic carbocycles. The van der Waals surface area contributed by atoms with E-state index in [1.54, 1.807) is 12.1 Å². The van der Waals surface area contributed by atoms with Gasteiger partial charge in [0, 0.05) is 17.4 Å². The first kappa shape index (κ1) is 17.1. The van der Waals surface area contributed by atoms with E-state index in [9.17, 15) is 8.42 Å². The van der Waals surface area contributed by atoms with E-state index in [1.807, 2.05) is 38.1 Å². The summed E-state index contributed by atoms with van der Waals surface area (Å²) in [6.45, 7) is 3.92. The van der Waals surface area contributed by atoms with Crippen molar-refractivity contribution in [1.82, 2.24) is 9.71 Å². The zero-order valence-electron chi connectivity index (χ0n) is 14.2. The lowest BCUT2D eigenvalue weighted by atomic mass is 9.96. The summed E-state index contributed by atoms with van der Waals surface area (Å²) in [5.41, 5.74) is 3.98. The Morgan fingerprint density at radius 2 is 1.50 bits per heavy atom. The monoisotopic (exact) mass is 344 g/mol. The van der Waals surface area contributed by atoms with Gasteiger partial charge in [0.05, 0.1) is 4.90 Å². The zero-order chi connectivity index (χ0) is 17.2. The third kappa shape index (κ3) is 4.02. The summed E-state index contributed by atoms with van der Waals surface area (Å²) < 4.78 is 27.9. The molecular formula is C19H24N2O2S. The van der Waals surface area contributed by atoms with E-state index >= 15 is 0 Å². The molecule has 0 atom stereocenters. The number of benzene rings is 1. The number of aromatic nitrogens is 1. The Morgan fingerprint density at radius 1 is 0.917 bits per heavy atom. The summed E-state index contributed by atoms with van der Waals surface area (Å²) >= 11 is 0. The molecule has 1 saturated carbocycles. The molecule has 128 valence electrons. The Balaban J connectivity index is 1.80. The normalized spacial score (nSPS) is 16.2. The molecule has 1 aliphatic carbocycles. The van der Waals surface area contributed by atoms with Gasteiger partial charge in [-0.1, -0.05) is 31.4 Å². The van der Waals surface area contributed by atoms with Crippen LogP contribution in [0.25, 0.3) is 11.1 Å². The van der Waals surface area contributed by atoms with Crippen molar-refractivity contribution in [2.75, 3.05) is 0 Å². The maximum atomic E-state index is 12.5. The number of rotatable bonds is 4. The Hall–Kier alpha value is -1.72. The van der Waals surface area contributed by atoms with Gasteiger partial charge in [-0.3, -0.25) is 4.98 Å². The molecule has 0 aliphatic heterocycles. The predicted molar refractivity (Wildman–Crippen MR) is 96.3 cm³/mol. The van der Waals surface area contributed by atoms with E-state index < -0.39 is 10.0 Å². The molecule has 1 N–H and O–H groups in total. The summed E-state index contributed by atoms with van der Waals surface area (Å²) in [7, 11) is -3.44. The number of pyridine rings is 1. The molecule has 0 amide bonds. The molecule has 0 radical (unpaired) electrons. The molecule has 1 aliphatic rings. The first-order valence-electron chi connectivity index (χ1n) is 8.52. The molecule has 0 bridgehead atoms. The van der Waals surface area contributed by atoms with Gasteiger partial charge in [0.2, 0.25) is 10.0 Å². The first-order chi connectivity index (χ1) is 11.4. The summed E-state index contributed by atoms with van der Waals surface area (Å²) in [5.74, 6) is 0. The fourth-order valence-electron chi connectivity index (χ4n) is 3.34. The minimum atomic E-state index is -3.44. The van der Waals surface area contributed by atoms with Crippen LogP contribution in [0.1, 0.15) is 43.5 Å². The standard InChI is InChI=1S/C19H24N2O2S/c1-14-12-17(13-15(2)20-14)16-8-10-19(11-9-16)24(22,23)21-18-6-4-3-5-7-18/h8-13,18,21H,3-7H2,1-2H3. The van der Waals surface area contributed by atoms with Crippen LogP contribution in [0.2, 0.25) is 0 Å². The average Bonchev–Trinajstić information content (AvgIpc) is 2.54. The topological polar surface area (TPSA) is 59.1 Å². The minimum Gasteiger partial charge on any atom is -0.258 e. The van der Waals surface area contributed by atoms with Crippen LogP contribution in [0.4, 0.5) is 0 Å². The molecule has 1 aromatic heterocycles. The third-order valence-corrected chi connectivity index (χ3v) is 6.04. The van der Waals surface area contributed by atoms with Crippen molar-refractivity contribution in [3.8, 4) is 11.1 Å². The zero-order valence-corrected chi connectivity index (χ0v) is 15.1. The highest BCUT2D eigenvalue weighted by molar-refractivity contribution is 7.89. The molecular weight excluding hydrogens is 320 g/mol. The Bertz CT molecular complexity index is 788. The van der Waals surface area contributed by atoms with Gasteiger partial charge in [-0.25, -0.2) is 13.1 Å². The highest BCUT2D eigenvalue weighted by atomic mass is 32.2. The Labute approximate surface area is 144 Å². The second-order valence-corrected chi connectivity index (χ2v) is 8.33. The average molecular weight is 344 g/mol. The number of nitrogens with one attached hydrogen (secondary N) is 1. The smallest absolute Gasteiger partial charge is 0.240 e. The third-order valence-electron chi connectivity index (χ3n) is 4.51. The van der Waals surface area contributed by atoms with Crippen molar-refractivity contribution >= 4 is 10.0 Å². The molecule has 4 nitrogen and oxygen atoms in total. The number of aryl methyl sites for hydroxylation is 2. The van der Waals surface area contributed by atoms with Crippen molar-refractivity contribution in [2.24, 2.45) is 0 Å². The van der Waals surface area contributed by atoms with Crippen LogP contribution in [-0.4, -0.2) is 19.4 Å². The van der Waals surface area contributed by atoms with Crippen molar-refractivity contribution in [3.63, 3.8) is 0 Å². The molecule has 3 rings (SSSR count). The summed E-state index contributed by atoms with van der Waals surface area (Å²) in [6, 6.07) is 11.2. The summed E-state index contributed by atoms with van der Waals surface area (Å²) in [4.78, 5) is 4.71. The minimum absolute atomic E-state index is 0.0777. The van der Waals surface area contributed by atoms with E-state index in [0.717, 1.165) is 48.2 Å². The highest BCUT2D eigenvalue weighted by Gasteiger charge is 2.21. The van der Waals surface area contributed by atoms with Gasteiger partial charge in [0.1, 0.15) is 0 Å². The molecule has 1 fully saturated rings. The van der Waals surface area contributed by atoms with E-state index in [4.69, 9.17) is 0 Å². The molecule has 1 heterocycles. The van der Waals surface area contributed by atoms with Gasteiger partial charge in [0.25, 0.3) is 0 Å². The van der Waals surface area contributed by atoms with Crippen molar-refractivity contribution < 1.29 is 8.42 Å². The van der Waals surface area contributed by atoms with Crippen LogP contribution in [0.3, 0.4) is 0 Å². The lowest BCUT2D eigenvalue weighted by molar-refractivity contribution is 0.412. The quantitative estimate of drug-likeness (QED) is 0.913. The van der Waals surface area contributed by atoms with E-state index in [2.05, 4.69) is 9.71 Å². The molecule has 0 spiro atoms. The van der Waals surface area contributed by atoms with Crippen molar-refractivity contribution in [2.45, 2.75) is 56.9 Å². The fourth-order valence-corrected chi connectivity index (χ4v) is 4.64. The van der Waals surface area contributed by atoms with Crippen LogP contribution < -0.4 is 4.72 Å². The Morgan fingerprint density at radius 3 is 2.08 bits per heavy atom. The lowest BCUT2D eigenvalue weighted by Crippen LogP contribution is -2.36. The van der Waals surface area contributed by atoms with E-state index in [0.29, 0.717) is 4.90 Å². The highest BCUT2D eigenvalue weighted by Crippen LogP contribution is 2.24. The molecule has 2 aromatic rings. The molecule has 0 unspecified atom stereocenters. The SMILES string of the molecule is Cc1cc(-c2ccc(S(=O)(=O)NC3CCCCC3)cc2)cc(C)n1. The number of nitrogens with zero attached hydrogens (tertiary/aromatic N) is 1.